The topological polar surface area (TPSA) is 105 Å². The summed E-state index contributed by atoms with van der Waals surface area (Å²) in [6.07, 6.45) is 0. The van der Waals surface area contributed by atoms with Crippen LogP contribution in [0.1, 0.15) is 25.0 Å². The summed E-state index contributed by atoms with van der Waals surface area (Å²) >= 11 is 0. The summed E-state index contributed by atoms with van der Waals surface area (Å²) in [4.78, 5) is 11.3. The van der Waals surface area contributed by atoms with Crippen molar-refractivity contribution in [3.63, 3.8) is 0 Å². The third kappa shape index (κ3) is 4.30. The lowest BCUT2D eigenvalue weighted by Crippen LogP contribution is -2.10. The Morgan fingerprint density at radius 3 is 2.14 bits per heavy atom. The molecule has 0 radical (unpaired) electrons. The third-order valence-corrected chi connectivity index (χ3v) is 4.23. The monoisotopic (exact) mass is 314 g/mol. The molecule has 2 rings (SSSR count). The van der Waals surface area contributed by atoms with Crippen LogP contribution in [-0.2, 0) is 10.1 Å². The molecule has 0 spiro atoms. The molecule has 0 amide bonds. The molecule has 2 N–H and O–H groups in total. The normalized spacial score (nSPS) is 11.3. The molecule has 116 valence electrons. The second-order valence-corrected chi connectivity index (χ2v) is 6.86. The number of aryl methyl sites for hydroxylation is 1. The average Bonchev–Trinajstić information content (AvgIpc) is 2.35. The van der Waals surface area contributed by atoms with E-state index in [-0.39, 0.29) is 11.4 Å². The summed E-state index contributed by atoms with van der Waals surface area (Å²) < 4.78 is 32.9. The van der Waals surface area contributed by atoms with Crippen molar-refractivity contribution in [2.45, 2.75) is 32.9 Å². The van der Waals surface area contributed by atoms with Crippen LogP contribution in [0.15, 0.2) is 27.4 Å². The summed E-state index contributed by atoms with van der Waals surface area (Å²) in [7, 11) is -3.74. The Balaban J connectivity index is 0.000000270. The van der Waals surface area contributed by atoms with Gasteiger partial charge in [0.05, 0.1) is 5.25 Å². The second-order valence-electron chi connectivity index (χ2n) is 4.88. The van der Waals surface area contributed by atoms with Crippen LogP contribution < -0.4 is 5.63 Å². The van der Waals surface area contributed by atoms with Gasteiger partial charge in [-0.15, -0.1) is 0 Å². The minimum absolute atomic E-state index is 0.101. The molecule has 1 aromatic heterocycles. The fourth-order valence-electron chi connectivity index (χ4n) is 1.44. The van der Waals surface area contributed by atoms with Gasteiger partial charge in [0.1, 0.15) is 11.3 Å². The van der Waals surface area contributed by atoms with Crippen LogP contribution in [0.2, 0.25) is 0 Å². The molecule has 0 aliphatic rings. The second kappa shape index (κ2) is 6.28. The van der Waals surface area contributed by atoms with Crippen molar-refractivity contribution in [1.29, 1.82) is 0 Å². The minimum atomic E-state index is -3.74. The average molecular weight is 314 g/mol. The first kappa shape index (κ1) is 17.2. The molecule has 0 bridgehead atoms. The van der Waals surface area contributed by atoms with Crippen LogP contribution in [0.25, 0.3) is 11.0 Å². The molecule has 0 atom stereocenters. The molecule has 21 heavy (non-hydrogen) atoms. The molecule has 2 aromatic rings. The van der Waals surface area contributed by atoms with Crippen molar-refractivity contribution >= 4 is 21.1 Å². The predicted octanol–water partition coefficient (Wildman–Crippen LogP) is 2.40. The van der Waals surface area contributed by atoms with E-state index >= 15 is 0 Å². The van der Waals surface area contributed by atoms with E-state index in [2.05, 4.69) is 0 Å². The number of phenolic OH excluding ortho intramolecular Hbond substituents is 1. The van der Waals surface area contributed by atoms with Crippen molar-refractivity contribution < 1.29 is 22.5 Å². The van der Waals surface area contributed by atoms with E-state index in [0.29, 0.717) is 11.1 Å². The maximum Gasteiger partial charge on any atom is 0.339 e. The minimum Gasteiger partial charge on any atom is -0.508 e. The predicted molar refractivity (Wildman–Crippen MR) is 80.3 cm³/mol. The SMILES string of the molecule is CC(C)S(=O)(=O)O.Cc1c(C)c2ccc(O)cc2oc1=O. The zero-order valence-corrected chi connectivity index (χ0v) is 13.1. The summed E-state index contributed by atoms with van der Waals surface area (Å²) in [6.45, 7) is 6.42. The number of rotatable bonds is 1. The van der Waals surface area contributed by atoms with Gasteiger partial charge in [-0.3, -0.25) is 4.55 Å². The van der Waals surface area contributed by atoms with Gasteiger partial charge in [-0.2, -0.15) is 8.42 Å². The van der Waals surface area contributed by atoms with Gasteiger partial charge in [0.2, 0.25) is 0 Å². The molecule has 0 fully saturated rings. The highest BCUT2D eigenvalue weighted by Gasteiger charge is 2.08. The highest BCUT2D eigenvalue weighted by molar-refractivity contribution is 7.86. The Labute approximate surface area is 122 Å². The number of benzene rings is 1. The van der Waals surface area contributed by atoms with E-state index in [4.69, 9.17) is 8.97 Å². The van der Waals surface area contributed by atoms with E-state index in [1.807, 2.05) is 6.92 Å². The zero-order chi connectivity index (χ0) is 16.4. The molecular weight excluding hydrogens is 296 g/mol. The van der Waals surface area contributed by atoms with Crippen molar-refractivity contribution in [2.75, 3.05) is 0 Å². The number of aromatic hydroxyl groups is 1. The molecule has 0 aliphatic heterocycles. The lowest BCUT2D eigenvalue weighted by Gasteiger charge is -2.03. The van der Waals surface area contributed by atoms with Crippen LogP contribution in [0, 0.1) is 13.8 Å². The Kier molecular flexibility index (Phi) is 5.14. The van der Waals surface area contributed by atoms with Crippen molar-refractivity contribution in [2.24, 2.45) is 0 Å². The van der Waals surface area contributed by atoms with E-state index < -0.39 is 15.4 Å². The molecule has 6 nitrogen and oxygen atoms in total. The van der Waals surface area contributed by atoms with Crippen LogP contribution in [0.5, 0.6) is 5.75 Å². The van der Waals surface area contributed by atoms with Crippen LogP contribution >= 0.6 is 0 Å². The molecule has 1 heterocycles. The van der Waals surface area contributed by atoms with Crippen molar-refractivity contribution in [3.8, 4) is 5.75 Å². The van der Waals surface area contributed by atoms with Crippen LogP contribution in [0.4, 0.5) is 0 Å². The van der Waals surface area contributed by atoms with Gasteiger partial charge >= 0.3 is 5.63 Å². The van der Waals surface area contributed by atoms with Gasteiger partial charge in [-0.25, -0.2) is 4.79 Å². The first-order chi connectivity index (χ1) is 9.54. The van der Waals surface area contributed by atoms with Gasteiger partial charge in [0, 0.05) is 17.0 Å². The summed E-state index contributed by atoms with van der Waals surface area (Å²) in [5.74, 6) is 0.101. The van der Waals surface area contributed by atoms with Crippen LogP contribution in [0.3, 0.4) is 0 Å². The van der Waals surface area contributed by atoms with Gasteiger partial charge in [-0.1, -0.05) is 0 Å². The Hall–Kier alpha value is -1.86. The highest BCUT2D eigenvalue weighted by Crippen LogP contribution is 2.22. The largest absolute Gasteiger partial charge is 0.508 e. The first-order valence-corrected chi connectivity index (χ1v) is 7.73. The van der Waals surface area contributed by atoms with Crippen LogP contribution in [-0.4, -0.2) is 23.3 Å². The fourth-order valence-corrected chi connectivity index (χ4v) is 1.44. The summed E-state index contributed by atoms with van der Waals surface area (Å²) in [6, 6.07) is 4.77. The molecule has 0 unspecified atom stereocenters. The van der Waals surface area contributed by atoms with Crippen molar-refractivity contribution in [3.05, 3.63) is 39.7 Å². The molecule has 0 aliphatic carbocycles. The maximum absolute atomic E-state index is 11.3. The smallest absolute Gasteiger partial charge is 0.339 e. The van der Waals surface area contributed by atoms with Gasteiger partial charge < -0.3 is 9.52 Å². The van der Waals surface area contributed by atoms with E-state index in [1.54, 1.807) is 19.1 Å². The van der Waals surface area contributed by atoms with E-state index in [0.717, 1.165) is 10.9 Å². The standard InChI is InChI=1S/C11H10O3.C3H8O3S/c1-6-7(2)11(13)14-10-5-8(12)3-4-9(6)10;1-3(2)7(4,5)6/h3-5,12H,1-2H3;3H,1-2H3,(H,4,5,6). The molecular formula is C14H18O6S. The zero-order valence-electron chi connectivity index (χ0n) is 12.2. The number of fused-ring (bicyclic) bond motifs is 1. The lowest BCUT2D eigenvalue weighted by atomic mass is 10.1. The highest BCUT2D eigenvalue weighted by atomic mass is 32.2. The molecule has 0 saturated heterocycles. The Morgan fingerprint density at radius 2 is 1.67 bits per heavy atom. The molecule has 7 heteroatoms. The molecule has 1 aromatic carbocycles. The number of hydrogen-bond donors (Lipinski definition) is 2. The lowest BCUT2D eigenvalue weighted by molar-refractivity contribution is 0.472. The summed E-state index contributed by atoms with van der Waals surface area (Å²) in [5, 5.41) is 9.41. The van der Waals surface area contributed by atoms with Crippen molar-refractivity contribution in [1.82, 2.24) is 0 Å². The maximum atomic E-state index is 11.3. The van der Waals surface area contributed by atoms with Gasteiger partial charge in [0.15, 0.2) is 0 Å². The number of hydrogen-bond acceptors (Lipinski definition) is 5. The Morgan fingerprint density at radius 1 is 1.14 bits per heavy atom. The Bertz CT molecular complexity index is 802. The molecule has 0 saturated carbocycles. The summed E-state index contributed by atoms with van der Waals surface area (Å²) in [5.41, 5.74) is 1.60. The van der Waals surface area contributed by atoms with E-state index in [1.165, 1.54) is 19.9 Å². The quantitative estimate of drug-likeness (QED) is 0.618. The number of phenols is 1. The van der Waals surface area contributed by atoms with E-state index in [9.17, 15) is 18.3 Å². The van der Waals surface area contributed by atoms with Gasteiger partial charge in [0.25, 0.3) is 10.1 Å². The third-order valence-electron chi connectivity index (χ3n) is 3.04. The van der Waals surface area contributed by atoms with Gasteiger partial charge in [-0.05, 0) is 45.4 Å². The first-order valence-electron chi connectivity index (χ1n) is 6.23. The fraction of sp³-hybridized carbons (Fsp3) is 0.357.